The highest BCUT2D eigenvalue weighted by Crippen LogP contribution is 2.41. The lowest BCUT2D eigenvalue weighted by Crippen LogP contribution is -2.09. The lowest BCUT2D eigenvalue weighted by atomic mass is 10.1. The Morgan fingerprint density at radius 3 is 2.72 bits per heavy atom. The van der Waals surface area contributed by atoms with Crippen molar-refractivity contribution < 1.29 is 28.1 Å². The van der Waals surface area contributed by atoms with E-state index in [1.165, 1.54) is 18.2 Å². The Morgan fingerprint density at radius 2 is 2.00 bits per heavy atom. The Morgan fingerprint density at radius 1 is 1.24 bits per heavy atom. The molecule has 3 rings (SSSR count). The lowest BCUT2D eigenvalue weighted by Gasteiger charge is -2.13. The Kier molecular flexibility index (Phi) is 4.88. The van der Waals surface area contributed by atoms with Crippen molar-refractivity contribution in [2.75, 3.05) is 13.4 Å². The van der Waals surface area contributed by atoms with Gasteiger partial charge >= 0.3 is 5.97 Å². The van der Waals surface area contributed by atoms with Crippen LogP contribution in [0.5, 0.6) is 23.0 Å². The third kappa shape index (κ3) is 3.42. The van der Waals surface area contributed by atoms with E-state index >= 15 is 0 Å². The SMILES string of the molecule is C/C=C\c1cc2c(cc1Oc1cccc(F)c1C(=O)OCC)OCO2. The van der Waals surface area contributed by atoms with Gasteiger partial charge in [0, 0.05) is 11.6 Å². The van der Waals surface area contributed by atoms with Crippen LogP contribution in [0, 0.1) is 5.82 Å². The van der Waals surface area contributed by atoms with Crippen LogP contribution >= 0.6 is 0 Å². The Balaban J connectivity index is 2.03. The van der Waals surface area contributed by atoms with E-state index in [1.54, 1.807) is 19.1 Å². The maximum atomic E-state index is 14.2. The number of fused-ring (bicyclic) bond motifs is 1. The molecule has 0 bridgehead atoms. The van der Waals surface area contributed by atoms with Gasteiger partial charge in [0.2, 0.25) is 6.79 Å². The third-order valence-corrected chi connectivity index (χ3v) is 3.53. The van der Waals surface area contributed by atoms with Crippen LogP contribution in [-0.4, -0.2) is 19.4 Å². The first-order valence-electron chi connectivity index (χ1n) is 7.83. The Labute approximate surface area is 144 Å². The van der Waals surface area contributed by atoms with Gasteiger partial charge in [-0.3, -0.25) is 0 Å². The number of halogens is 1. The van der Waals surface area contributed by atoms with E-state index in [0.29, 0.717) is 22.8 Å². The first-order valence-corrected chi connectivity index (χ1v) is 7.83. The average Bonchev–Trinajstić information content (AvgIpc) is 3.03. The molecule has 2 aromatic carbocycles. The second-order valence-electron chi connectivity index (χ2n) is 5.18. The van der Waals surface area contributed by atoms with Gasteiger partial charge in [-0.2, -0.15) is 0 Å². The van der Waals surface area contributed by atoms with E-state index in [4.69, 9.17) is 18.9 Å². The topological polar surface area (TPSA) is 54.0 Å². The summed E-state index contributed by atoms with van der Waals surface area (Å²) in [6.07, 6.45) is 3.66. The molecule has 0 atom stereocenters. The fourth-order valence-electron chi connectivity index (χ4n) is 2.45. The number of carbonyl (C=O) groups excluding carboxylic acids is 1. The number of carbonyl (C=O) groups is 1. The minimum Gasteiger partial charge on any atom is -0.462 e. The molecule has 1 aliphatic heterocycles. The molecule has 0 N–H and O–H groups in total. The van der Waals surface area contributed by atoms with Crippen LogP contribution in [0.1, 0.15) is 29.8 Å². The van der Waals surface area contributed by atoms with Crippen LogP contribution in [0.2, 0.25) is 0 Å². The predicted molar refractivity (Wildman–Crippen MR) is 89.7 cm³/mol. The molecule has 0 radical (unpaired) electrons. The largest absolute Gasteiger partial charge is 0.462 e. The van der Waals surface area contributed by atoms with Crippen molar-refractivity contribution in [3.05, 3.63) is 53.4 Å². The number of rotatable bonds is 5. The summed E-state index contributed by atoms with van der Waals surface area (Å²) in [6.45, 7) is 3.78. The van der Waals surface area contributed by atoms with Gasteiger partial charge in [-0.15, -0.1) is 0 Å². The van der Waals surface area contributed by atoms with Gasteiger partial charge in [0.15, 0.2) is 11.5 Å². The normalized spacial score (nSPS) is 12.4. The summed E-state index contributed by atoms with van der Waals surface area (Å²) in [7, 11) is 0. The highest BCUT2D eigenvalue weighted by molar-refractivity contribution is 5.93. The summed E-state index contributed by atoms with van der Waals surface area (Å²) in [6, 6.07) is 7.58. The van der Waals surface area contributed by atoms with Gasteiger partial charge in [0.25, 0.3) is 0 Å². The average molecular weight is 344 g/mol. The highest BCUT2D eigenvalue weighted by atomic mass is 19.1. The van der Waals surface area contributed by atoms with Crippen molar-refractivity contribution in [3.8, 4) is 23.0 Å². The molecule has 5 nitrogen and oxygen atoms in total. The van der Waals surface area contributed by atoms with Gasteiger partial charge in [-0.25, -0.2) is 9.18 Å². The van der Waals surface area contributed by atoms with E-state index in [-0.39, 0.29) is 24.7 Å². The minimum absolute atomic E-state index is 0.0723. The van der Waals surface area contributed by atoms with Crippen LogP contribution < -0.4 is 14.2 Å². The molecule has 0 fully saturated rings. The maximum absolute atomic E-state index is 14.2. The lowest BCUT2D eigenvalue weighted by molar-refractivity contribution is 0.0518. The van der Waals surface area contributed by atoms with E-state index in [2.05, 4.69) is 0 Å². The minimum atomic E-state index is -0.774. The molecule has 6 heteroatoms. The van der Waals surface area contributed by atoms with E-state index in [9.17, 15) is 9.18 Å². The first-order chi connectivity index (χ1) is 12.1. The van der Waals surface area contributed by atoms with Gasteiger partial charge in [0.1, 0.15) is 22.9 Å². The molecule has 0 saturated carbocycles. The number of ether oxygens (including phenoxy) is 4. The molecule has 0 aromatic heterocycles. The van der Waals surface area contributed by atoms with Crippen LogP contribution in [0.3, 0.4) is 0 Å². The molecule has 1 heterocycles. The molecule has 1 aliphatic rings. The molecule has 0 aliphatic carbocycles. The van der Waals surface area contributed by atoms with Crippen molar-refractivity contribution in [1.82, 2.24) is 0 Å². The van der Waals surface area contributed by atoms with E-state index in [1.807, 2.05) is 19.1 Å². The van der Waals surface area contributed by atoms with Crippen molar-refractivity contribution in [3.63, 3.8) is 0 Å². The molecular formula is C19H17FO5. The van der Waals surface area contributed by atoms with Crippen molar-refractivity contribution >= 4 is 12.0 Å². The van der Waals surface area contributed by atoms with Crippen molar-refractivity contribution in [2.45, 2.75) is 13.8 Å². The third-order valence-electron chi connectivity index (χ3n) is 3.53. The Hall–Kier alpha value is -3.02. The summed E-state index contributed by atoms with van der Waals surface area (Å²) in [4.78, 5) is 12.1. The molecule has 0 spiro atoms. The number of esters is 1. The van der Waals surface area contributed by atoms with E-state index in [0.717, 1.165) is 0 Å². The fourth-order valence-corrected chi connectivity index (χ4v) is 2.45. The molecule has 0 amide bonds. The van der Waals surface area contributed by atoms with Gasteiger partial charge in [-0.05, 0) is 32.0 Å². The quantitative estimate of drug-likeness (QED) is 0.745. The standard InChI is InChI=1S/C19H17FO5/c1-3-6-12-9-16-17(24-11-23-16)10-15(12)25-14-8-5-7-13(20)18(14)19(21)22-4-2/h3,5-10H,4,11H2,1-2H3/b6-3-. The van der Waals surface area contributed by atoms with Gasteiger partial charge < -0.3 is 18.9 Å². The Bertz CT molecular complexity index is 829. The molecular weight excluding hydrogens is 327 g/mol. The van der Waals surface area contributed by atoms with E-state index < -0.39 is 11.8 Å². The number of benzene rings is 2. The molecule has 0 saturated heterocycles. The summed E-state index contributed by atoms with van der Waals surface area (Å²) in [5, 5.41) is 0. The first kappa shape index (κ1) is 16.8. The summed E-state index contributed by atoms with van der Waals surface area (Å²) < 4.78 is 35.6. The zero-order valence-electron chi connectivity index (χ0n) is 13.9. The predicted octanol–water partition coefficient (Wildman–Crippen LogP) is 4.56. The zero-order chi connectivity index (χ0) is 17.8. The van der Waals surface area contributed by atoms with Gasteiger partial charge in [0.05, 0.1) is 6.61 Å². The fraction of sp³-hybridized carbons (Fsp3) is 0.211. The van der Waals surface area contributed by atoms with Crippen LogP contribution in [0.25, 0.3) is 6.08 Å². The molecule has 25 heavy (non-hydrogen) atoms. The van der Waals surface area contributed by atoms with Crippen LogP contribution in [0.4, 0.5) is 4.39 Å². The van der Waals surface area contributed by atoms with Gasteiger partial charge in [-0.1, -0.05) is 18.2 Å². The van der Waals surface area contributed by atoms with Crippen LogP contribution in [-0.2, 0) is 4.74 Å². The molecule has 130 valence electrons. The number of hydrogen-bond donors (Lipinski definition) is 0. The second kappa shape index (κ2) is 7.25. The number of hydrogen-bond acceptors (Lipinski definition) is 5. The highest BCUT2D eigenvalue weighted by Gasteiger charge is 2.22. The smallest absolute Gasteiger partial charge is 0.344 e. The molecule has 0 unspecified atom stereocenters. The molecule has 2 aromatic rings. The van der Waals surface area contributed by atoms with Crippen molar-refractivity contribution in [1.29, 1.82) is 0 Å². The zero-order valence-corrected chi connectivity index (χ0v) is 13.9. The summed E-state index contributed by atoms with van der Waals surface area (Å²) in [5.41, 5.74) is 0.472. The summed E-state index contributed by atoms with van der Waals surface area (Å²) in [5.74, 6) is 0.137. The second-order valence-corrected chi connectivity index (χ2v) is 5.18. The summed E-state index contributed by atoms with van der Waals surface area (Å²) >= 11 is 0. The van der Waals surface area contributed by atoms with Crippen molar-refractivity contribution in [2.24, 2.45) is 0 Å². The van der Waals surface area contributed by atoms with Crippen LogP contribution in [0.15, 0.2) is 36.4 Å². The maximum Gasteiger partial charge on any atom is 0.344 e. The number of allylic oxidation sites excluding steroid dienone is 1. The monoisotopic (exact) mass is 344 g/mol.